The van der Waals surface area contributed by atoms with E-state index in [0.29, 0.717) is 34.7 Å². The molecule has 1 fully saturated rings. The van der Waals surface area contributed by atoms with E-state index in [1.807, 2.05) is 0 Å². The molecule has 3 heterocycles. The van der Waals surface area contributed by atoms with Gasteiger partial charge in [-0.25, -0.2) is 19.2 Å². The number of carbonyl (C=O) groups is 1. The molecule has 4 rings (SSSR count). The van der Waals surface area contributed by atoms with E-state index in [-0.39, 0.29) is 23.6 Å². The summed E-state index contributed by atoms with van der Waals surface area (Å²) in [4.78, 5) is 27.4. The zero-order valence-corrected chi connectivity index (χ0v) is 16.8. The average Bonchev–Trinajstić information content (AvgIpc) is 3.19. The van der Waals surface area contributed by atoms with Gasteiger partial charge in [-0.05, 0) is 30.5 Å². The van der Waals surface area contributed by atoms with Gasteiger partial charge in [-0.2, -0.15) is 0 Å². The molecule has 1 aromatic carbocycles. The number of likely N-dealkylation sites (tertiary alicyclic amines) is 1. The molecule has 0 radical (unpaired) electrons. The molecular weight excluding hydrogens is 403 g/mol. The number of anilines is 1. The Labute approximate surface area is 177 Å². The van der Waals surface area contributed by atoms with Gasteiger partial charge in [0, 0.05) is 47.5 Å². The minimum Gasteiger partial charge on any atom is -0.368 e. The van der Waals surface area contributed by atoms with E-state index >= 15 is 0 Å². The van der Waals surface area contributed by atoms with Gasteiger partial charge < -0.3 is 16.4 Å². The molecule has 1 saturated heterocycles. The van der Waals surface area contributed by atoms with Crippen LogP contribution in [0, 0.1) is 12.4 Å². The Balaban J connectivity index is 1.79. The summed E-state index contributed by atoms with van der Waals surface area (Å²) in [6.45, 7) is 8.22. The number of hydrogen-bond acceptors (Lipinski definition) is 6. The summed E-state index contributed by atoms with van der Waals surface area (Å²) in [5, 5.41) is 0. The molecule has 152 valence electrons. The molecule has 1 aliphatic heterocycles. The highest BCUT2D eigenvalue weighted by atomic mass is 32.1. The van der Waals surface area contributed by atoms with Crippen LogP contribution in [0.2, 0.25) is 0 Å². The molecule has 30 heavy (non-hydrogen) atoms. The highest BCUT2D eigenvalue weighted by Crippen LogP contribution is 2.40. The maximum Gasteiger partial charge on any atom is 0.264 e. The van der Waals surface area contributed by atoms with Crippen molar-refractivity contribution in [3.63, 3.8) is 0 Å². The van der Waals surface area contributed by atoms with Gasteiger partial charge in [0.05, 0.1) is 11.4 Å². The summed E-state index contributed by atoms with van der Waals surface area (Å²) < 4.78 is 14.3. The summed E-state index contributed by atoms with van der Waals surface area (Å²) in [6, 6.07) is 6.14. The number of nitrogen functional groups attached to an aromatic ring is 1. The Hall–Kier alpha value is -3.35. The topological polar surface area (TPSA) is 102 Å². The number of aromatic nitrogens is 2. The minimum atomic E-state index is -0.608. The first kappa shape index (κ1) is 19.9. The quantitative estimate of drug-likeness (QED) is 0.627. The molecule has 9 heteroatoms. The summed E-state index contributed by atoms with van der Waals surface area (Å²) >= 11 is 1.30. The Morgan fingerprint density at radius 1 is 1.27 bits per heavy atom. The third-order valence-corrected chi connectivity index (χ3v) is 6.17. The molecule has 7 nitrogen and oxygen atoms in total. The van der Waals surface area contributed by atoms with E-state index in [1.165, 1.54) is 23.5 Å². The Kier molecular flexibility index (Phi) is 5.44. The zero-order chi connectivity index (χ0) is 21.3. The van der Waals surface area contributed by atoms with E-state index in [1.54, 1.807) is 29.4 Å². The first-order valence-electron chi connectivity index (χ1n) is 9.40. The second kappa shape index (κ2) is 8.18. The van der Waals surface area contributed by atoms with E-state index < -0.39 is 5.82 Å². The van der Waals surface area contributed by atoms with Gasteiger partial charge in [0.15, 0.2) is 0 Å². The average molecular weight is 422 g/mol. The maximum absolute atomic E-state index is 14.3. The molecule has 0 bridgehead atoms. The van der Waals surface area contributed by atoms with Crippen LogP contribution in [0.25, 0.3) is 26.4 Å². The van der Waals surface area contributed by atoms with Crippen molar-refractivity contribution in [2.45, 2.75) is 18.9 Å². The fraction of sp³-hybridized carbons (Fsp3) is 0.238. The van der Waals surface area contributed by atoms with E-state index in [2.05, 4.69) is 14.8 Å². The van der Waals surface area contributed by atoms with Crippen LogP contribution in [0.15, 0.2) is 36.7 Å². The molecule has 4 N–H and O–H groups in total. The van der Waals surface area contributed by atoms with Gasteiger partial charge in [-0.1, -0.05) is 12.1 Å². The van der Waals surface area contributed by atoms with Crippen LogP contribution in [-0.4, -0.2) is 39.9 Å². The fourth-order valence-electron chi connectivity index (χ4n) is 3.50. The van der Waals surface area contributed by atoms with Crippen molar-refractivity contribution < 1.29 is 9.18 Å². The van der Waals surface area contributed by atoms with Gasteiger partial charge in [0.25, 0.3) is 5.91 Å². The van der Waals surface area contributed by atoms with Gasteiger partial charge >= 0.3 is 0 Å². The number of nitrogens with zero attached hydrogens (tertiary/aromatic N) is 4. The van der Waals surface area contributed by atoms with Crippen molar-refractivity contribution in [3.8, 4) is 21.6 Å². The van der Waals surface area contributed by atoms with Gasteiger partial charge in [0.2, 0.25) is 11.6 Å². The second-order valence-electron chi connectivity index (χ2n) is 7.11. The highest BCUT2D eigenvalue weighted by Gasteiger charge is 2.25. The van der Waals surface area contributed by atoms with Gasteiger partial charge in [0.1, 0.15) is 5.82 Å². The van der Waals surface area contributed by atoms with Crippen molar-refractivity contribution in [3.05, 3.63) is 58.8 Å². The van der Waals surface area contributed by atoms with Crippen LogP contribution in [0.3, 0.4) is 0 Å². The molecule has 1 aliphatic rings. The van der Waals surface area contributed by atoms with Crippen molar-refractivity contribution in [2.75, 3.05) is 18.8 Å². The Morgan fingerprint density at radius 2 is 2.03 bits per heavy atom. The molecule has 2 aromatic heterocycles. The van der Waals surface area contributed by atoms with E-state index in [0.717, 1.165) is 17.7 Å². The highest BCUT2D eigenvalue weighted by molar-refractivity contribution is 7.18. The number of hydrogen-bond donors (Lipinski definition) is 2. The molecule has 3 aromatic rings. The third-order valence-electron chi connectivity index (χ3n) is 5.00. The number of benzene rings is 1. The molecule has 0 saturated carbocycles. The van der Waals surface area contributed by atoms with Crippen molar-refractivity contribution in [1.29, 1.82) is 0 Å². The van der Waals surface area contributed by atoms with Gasteiger partial charge in [-0.15, -0.1) is 11.3 Å². The van der Waals surface area contributed by atoms with Crippen molar-refractivity contribution in [1.82, 2.24) is 14.9 Å². The van der Waals surface area contributed by atoms with Gasteiger partial charge in [-0.3, -0.25) is 4.79 Å². The minimum absolute atomic E-state index is 0.0256. The fourth-order valence-corrected chi connectivity index (χ4v) is 4.62. The largest absolute Gasteiger partial charge is 0.368 e. The lowest BCUT2D eigenvalue weighted by atomic mass is 10.0. The molecule has 0 aliphatic carbocycles. The second-order valence-corrected chi connectivity index (χ2v) is 8.17. The van der Waals surface area contributed by atoms with Crippen molar-refractivity contribution >= 4 is 28.9 Å². The summed E-state index contributed by atoms with van der Waals surface area (Å²) in [6.07, 6.45) is 4.92. The Morgan fingerprint density at radius 3 is 2.70 bits per heavy atom. The molecule has 1 amide bonds. The van der Waals surface area contributed by atoms with Crippen LogP contribution in [0.1, 0.15) is 22.5 Å². The lowest BCUT2D eigenvalue weighted by Crippen LogP contribution is -2.45. The van der Waals surface area contributed by atoms with Crippen LogP contribution in [0.4, 0.5) is 16.0 Å². The number of piperidine rings is 1. The zero-order valence-electron chi connectivity index (χ0n) is 16.0. The standard InChI is InChI=1S/C21H19FN6OS/c1-25-17-5-4-12(7-16(17)22)15-8-18(20(29)28-6-2-3-14(23)11-28)30-19(15)13-9-26-21(24)27-10-13/h4-5,7-10,14H,2-3,6,11,23H2,(H2,24,26,27)/t14-/m1/s1. The summed E-state index contributed by atoms with van der Waals surface area (Å²) in [5.74, 6) is -0.566. The van der Waals surface area contributed by atoms with Crippen LogP contribution in [0.5, 0.6) is 0 Å². The lowest BCUT2D eigenvalue weighted by molar-refractivity contribution is 0.0714. The normalized spacial score (nSPS) is 16.3. The first-order valence-corrected chi connectivity index (χ1v) is 10.2. The lowest BCUT2D eigenvalue weighted by Gasteiger charge is -2.30. The predicted octanol–water partition coefficient (Wildman–Crippen LogP) is 3.71. The molecule has 1 atom stereocenters. The van der Waals surface area contributed by atoms with E-state index in [9.17, 15) is 9.18 Å². The molecule has 0 spiro atoms. The van der Waals surface area contributed by atoms with Crippen LogP contribution < -0.4 is 11.5 Å². The maximum atomic E-state index is 14.3. The number of thiophene rings is 1. The predicted molar refractivity (Wildman–Crippen MR) is 115 cm³/mol. The number of halogens is 1. The molecular formula is C21H19FN6OS. The Bertz CT molecular complexity index is 1140. The smallest absolute Gasteiger partial charge is 0.264 e. The van der Waals surface area contributed by atoms with Crippen LogP contribution in [-0.2, 0) is 0 Å². The monoisotopic (exact) mass is 422 g/mol. The SMILES string of the molecule is [C-]#[N+]c1ccc(-c2cc(C(=O)N3CCC[C@@H](N)C3)sc2-c2cnc(N)nc2)cc1F. The first-order chi connectivity index (χ1) is 14.5. The van der Waals surface area contributed by atoms with Crippen molar-refractivity contribution in [2.24, 2.45) is 5.73 Å². The summed E-state index contributed by atoms with van der Waals surface area (Å²) in [7, 11) is 0. The number of amides is 1. The van der Waals surface area contributed by atoms with E-state index in [4.69, 9.17) is 18.0 Å². The molecule has 0 unspecified atom stereocenters. The number of rotatable bonds is 3. The number of nitrogens with two attached hydrogens (primary N) is 2. The third kappa shape index (κ3) is 3.87. The summed E-state index contributed by atoms with van der Waals surface area (Å²) in [5.41, 5.74) is 13.5. The van der Waals surface area contributed by atoms with Crippen LogP contribution >= 0.6 is 11.3 Å². The number of carbonyl (C=O) groups excluding carboxylic acids is 1.